The van der Waals surface area contributed by atoms with E-state index < -0.39 is 6.10 Å². The molecular weight excluding hydrogens is 316 g/mol. The first kappa shape index (κ1) is 17.2. The van der Waals surface area contributed by atoms with E-state index in [0.717, 1.165) is 22.4 Å². The molecule has 2 aromatic carbocycles. The summed E-state index contributed by atoms with van der Waals surface area (Å²) in [6, 6.07) is 11.2. The van der Waals surface area contributed by atoms with E-state index in [9.17, 15) is 9.90 Å². The molecule has 1 atom stereocenters. The highest BCUT2D eigenvalue weighted by Crippen LogP contribution is 2.25. The van der Waals surface area contributed by atoms with Crippen LogP contribution in [0.3, 0.4) is 0 Å². The van der Waals surface area contributed by atoms with Gasteiger partial charge >= 0.3 is 0 Å². The fourth-order valence-electron chi connectivity index (χ4n) is 2.84. The predicted molar refractivity (Wildman–Crippen MR) is 98.2 cm³/mol. The van der Waals surface area contributed by atoms with E-state index in [0.29, 0.717) is 10.9 Å². The molecule has 1 aromatic heterocycles. The standard InChI is InChI=1S/C20H22N2O3/c1-13-8-9-14(2)19(15(13)3)25-11-16(23)10-22-12-21-18-7-5-4-6-17(18)20(22)24/h4-9,12,16,23H,10-11H2,1-3H3. The molecule has 1 unspecified atom stereocenters. The lowest BCUT2D eigenvalue weighted by Gasteiger charge is -2.17. The number of para-hydroxylation sites is 1. The Morgan fingerprint density at radius 2 is 1.84 bits per heavy atom. The van der Waals surface area contributed by atoms with E-state index in [-0.39, 0.29) is 18.7 Å². The van der Waals surface area contributed by atoms with E-state index in [1.165, 1.54) is 10.9 Å². The van der Waals surface area contributed by atoms with Crippen LogP contribution in [0.25, 0.3) is 10.9 Å². The molecule has 0 spiro atoms. The third-order valence-corrected chi connectivity index (χ3v) is 4.43. The van der Waals surface area contributed by atoms with Gasteiger partial charge in [-0.25, -0.2) is 4.98 Å². The molecule has 25 heavy (non-hydrogen) atoms. The van der Waals surface area contributed by atoms with Crippen molar-refractivity contribution in [2.45, 2.75) is 33.4 Å². The number of aryl methyl sites for hydroxylation is 2. The van der Waals surface area contributed by atoms with Gasteiger partial charge in [-0.05, 0) is 49.6 Å². The Labute approximate surface area is 146 Å². The molecule has 0 aliphatic carbocycles. The molecule has 0 saturated heterocycles. The molecular formula is C20H22N2O3. The molecule has 5 heteroatoms. The van der Waals surface area contributed by atoms with Gasteiger partial charge in [0.25, 0.3) is 5.56 Å². The van der Waals surface area contributed by atoms with Crippen LogP contribution in [0.15, 0.2) is 47.5 Å². The van der Waals surface area contributed by atoms with Crippen LogP contribution in [-0.4, -0.2) is 27.4 Å². The number of ether oxygens (including phenoxy) is 1. The Morgan fingerprint density at radius 3 is 2.64 bits per heavy atom. The van der Waals surface area contributed by atoms with Crippen LogP contribution in [0.4, 0.5) is 0 Å². The summed E-state index contributed by atoms with van der Waals surface area (Å²) in [5, 5.41) is 10.8. The second kappa shape index (κ2) is 7.07. The molecule has 0 fully saturated rings. The lowest BCUT2D eigenvalue weighted by atomic mass is 10.1. The molecule has 0 saturated carbocycles. The van der Waals surface area contributed by atoms with Crippen molar-refractivity contribution in [3.8, 4) is 5.75 Å². The molecule has 0 radical (unpaired) electrons. The van der Waals surface area contributed by atoms with Gasteiger partial charge in [-0.1, -0.05) is 24.3 Å². The lowest BCUT2D eigenvalue weighted by molar-refractivity contribution is 0.0908. The fraction of sp³-hybridized carbons (Fsp3) is 0.300. The summed E-state index contributed by atoms with van der Waals surface area (Å²) < 4.78 is 7.25. The lowest BCUT2D eigenvalue weighted by Crippen LogP contribution is -2.30. The van der Waals surface area contributed by atoms with Gasteiger partial charge in [-0.2, -0.15) is 0 Å². The quantitative estimate of drug-likeness (QED) is 0.777. The number of hydrogen-bond acceptors (Lipinski definition) is 4. The van der Waals surface area contributed by atoms with Crippen LogP contribution in [-0.2, 0) is 6.54 Å². The Hall–Kier alpha value is -2.66. The number of benzene rings is 2. The van der Waals surface area contributed by atoms with Crippen molar-refractivity contribution < 1.29 is 9.84 Å². The first-order valence-electron chi connectivity index (χ1n) is 8.29. The Kier molecular flexibility index (Phi) is 4.86. The van der Waals surface area contributed by atoms with E-state index >= 15 is 0 Å². The maximum absolute atomic E-state index is 12.5. The first-order chi connectivity index (χ1) is 12.0. The van der Waals surface area contributed by atoms with Gasteiger partial charge < -0.3 is 9.84 Å². The number of hydrogen-bond donors (Lipinski definition) is 1. The monoisotopic (exact) mass is 338 g/mol. The van der Waals surface area contributed by atoms with Crippen molar-refractivity contribution in [1.82, 2.24) is 9.55 Å². The highest BCUT2D eigenvalue weighted by molar-refractivity contribution is 5.76. The normalized spacial score (nSPS) is 12.3. The molecule has 1 heterocycles. The molecule has 5 nitrogen and oxygen atoms in total. The fourth-order valence-corrected chi connectivity index (χ4v) is 2.84. The molecule has 0 aliphatic heterocycles. The third-order valence-electron chi connectivity index (χ3n) is 4.43. The van der Waals surface area contributed by atoms with Gasteiger partial charge in [0.2, 0.25) is 0 Å². The summed E-state index contributed by atoms with van der Waals surface area (Å²) in [5.74, 6) is 0.794. The zero-order valence-electron chi connectivity index (χ0n) is 14.7. The highest BCUT2D eigenvalue weighted by atomic mass is 16.5. The number of rotatable bonds is 5. The second-order valence-electron chi connectivity index (χ2n) is 6.34. The van der Waals surface area contributed by atoms with Crippen molar-refractivity contribution in [2.24, 2.45) is 0 Å². The zero-order chi connectivity index (χ0) is 18.0. The molecule has 0 bridgehead atoms. The van der Waals surface area contributed by atoms with Gasteiger partial charge in [0.05, 0.1) is 23.8 Å². The maximum atomic E-state index is 12.5. The van der Waals surface area contributed by atoms with Crippen LogP contribution in [0.5, 0.6) is 5.75 Å². The summed E-state index contributed by atoms with van der Waals surface area (Å²) in [5.41, 5.74) is 3.73. The smallest absolute Gasteiger partial charge is 0.261 e. The van der Waals surface area contributed by atoms with Crippen LogP contribution in [0, 0.1) is 20.8 Å². The van der Waals surface area contributed by atoms with Crippen molar-refractivity contribution in [3.63, 3.8) is 0 Å². The molecule has 3 aromatic rings. The van der Waals surface area contributed by atoms with Gasteiger partial charge in [0.15, 0.2) is 0 Å². The summed E-state index contributed by atoms with van der Waals surface area (Å²) in [7, 11) is 0. The summed E-state index contributed by atoms with van der Waals surface area (Å²) in [6.45, 7) is 6.26. The minimum Gasteiger partial charge on any atom is -0.490 e. The molecule has 1 N–H and O–H groups in total. The van der Waals surface area contributed by atoms with Crippen molar-refractivity contribution in [2.75, 3.05) is 6.61 Å². The van der Waals surface area contributed by atoms with Crippen LogP contribution >= 0.6 is 0 Å². The van der Waals surface area contributed by atoms with Crippen molar-refractivity contribution in [1.29, 1.82) is 0 Å². The SMILES string of the molecule is Cc1ccc(C)c(OCC(O)Cn2cnc3ccccc3c2=O)c1C. The minimum absolute atomic E-state index is 0.115. The second-order valence-corrected chi connectivity index (χ2v) is 6.34. The van der Waals surface area contributed by atoms with E-state index in [1.807, 2.05) is 39.0 Å². The van der Waals surface area contributed by atoms with Crippen LogP contribution in [0.1, 0.15) is 16.7 Å². The largest absolute Gasteiger partial charge is 0.490 e. The van der Waals surface area contributed by atoms with Crippen molar-refractivity contribution >= 4 is 10.9 Å². The van der Waals surface area contributed by atoms with Crippen molar-refractivity contribution in [3.05, 3.63) is 69.8 Å². The Morgan fingerprint density at radius 1 is 1.12 bits per heavy atom. The molecule has 0 amide bonds. The van der Waals surface area contributed by atoms with E-state index in [2.05, 4.69) is 4.98 Å². The third kappa shape index (κ3) is 3.56. The van der Waals surface area contributed by atoms with Gasteiger partial charge in [0, 0.05) is 0 Å². The Balaban J connectivity index is 1.74. The average Bonchev–Trinajstić information content (AvgIpc) is 2.61. The summed E-state index contributed by atoms with van der Waals surface area (Å²) in [6.07, 6.45) is 0.664. The molecule has 0 aliphatic rings. The number of aliphatic hydroxyl groups excluding tert-OH is 1. The average molecular weight is 338 g/mol. The number of aliphatic hydroxyl groups is 1. The number of aromatic nitrogens is 2. The topological polar surface area (TPSA) is 64.3 Å². The highest BCUT2D eigenvalue weighted by Gasteiger charge is 2.12. The minimum atomic E-state index is -0.806. The molecule has 130 valence electrons. The van der Waals surface area contributed by atoms with E-state index in [1.54, 1.807) is 18.2 Å². The van der Waals surface area contributed by atoms with Gasteiger partial charge in [-0.15, -0.1) is 0 Å². The summed E-state index contributed by atoms with van der Waals surface area (Å²) in [4.78, 5) is 16.7. The van der Waals surface area contributed by atoms with Gasteiger partial charge in [0.1, 0.15) is 18.5 Å². The van der Waals surface area contributed by atoms with Gasteiger partial charge in [-0.3, -0.25) is 9.36 Å². The zero-order valence-corrected chi connectivity index (χ0v) is 14.7. The number of fused-ring (bicyclic) bond motifs is 1. The number of nitrogens with zero attached hydrogens (tertiary/aromatic N) is 2. The summed E-state index contributed by atoms with van der Waals surface area (Å²) >= 11 is 0. The Bertz CT molecular complexity index is 963. The first-order valence-corrected chi connectivity index (χ1v) is 8.29. The van der Waals surface area contributed by atoms with E-state index in [4.69, 9.17) is 4.74 Å². The maximum Gasteiger partial charge on any atom is 0.261 e. The van der Waals surface area contributed by atoms with Crippen LogP contribution < -0.4 is 10.3 Å². The van der Waals surface area contributed by atoms with Crippen LogP contribution in [0.2, 0.25) is 0 Å². The predicted octanol–water partition coefficient (Wildman–Crippen LogP) is 2.76. The molecule has 3 rings (SSSR count).